The number of esters is 1. The van der Waals surface area contributed by atoms with E-state index in [9.17, 15) is 24.5 Å². The van der Waals surface area contributed by atoms with Gasteiger partial charge >= 0.3 is 5.97 Å². The van der Waals surface area contributed by atoms with Gasteiger partial charge in [0, 0.05) is 11.3 Å². The molecule has 0 aromatic heterocycles. The van der Waals surface area contributed by atoms with Gasteiger partial charge in [-0.2, -0.15) is 0 Å². The predicted molar refractivity (Wildman–Crippen MR) is 161 cm³/mol. The quantitative estimate of drug-likeness (QED) is 0.218. The van der Waals surface area contributed by atoms with E-state index in [1.54, 1.807) is 6.92 Å². The van der Waals surface area contributed by atoms with Gasteiger partial charge in [-0.05, 0) is 110 Å². The summed E-state index contributed by atoms with van der Waals surface area (Å²) < 4.78 is 5.02. The summed E-state index contributed by atoms with van der Waals surface area (Å²) in [6, 6.07) is 0. The molecule has 0 heterocycles. The molecule has 0 bridgehead atoms. The van der Waals surface area contributed by atoms with Gasteiger partial charge < -0.3 is 14.9 Å². The minimum Gasteiger partial charge on any atom is -0.465 e. The Morgan fingerprint density at radius 3 is 2.33 bits per heavy atom. The topological polar surface area (TPSA) is 125 Å². The number of carbonyl (C=O) groups excluding carboxylic acids is 3. The van der Waals surface area contributed by atoms with Gasteiger partial charge in [0.15, 0.2) is 5.78 Å². The number of ether oxygens (including phenoxy) is 1. The first-order valence-corrected chi connectivity index (χ1v) is 16.4. The van der Waals surface area contributed by atoms with Crippen LogP contribution in [0.1, 0.15) is 113 Å². The molecule has 1 amide bonds. The normalized spacial score (nSPS) is 44.8. The maximum atomic E-state index is 14.5. The van der Waals surface area contributed by atoms with Crippen LogP contribution in [0.4, 0.5) is 0 Å². The number of hydrogen-bond donors (Lipinski definition) is 1. The smallest absolute Gasteiger partial charge is 0.325 e. The van der Waals surface area contributed by atoms with Crippen LogP contribution in [-0.4, -0.2) is 42.0 Å². The Labute approximate surface area is 256 Å². The second kappa shape index (κ2) is 10.3. The van der Waals surface area contributed by atoms with Crippen molar-refractivity contribution in [3.8, 4) is 0 Å². The highest BCUT2D eigenvalue weighted by Gasteiger charge is 2.70. The van der Waals surface area contributed by atoms with Gasteiger partial charge in [0.1, 0.15) is 12.6 Å². The van der Waals surface area contributed by atoms with Crippen molar-refractivity contribution in [1.29, 1.82) is 0 Å². The summed E-state index contributed by atoms with van der Waals surface area (Å²) in [5.74, 6) is -0.298. The van der Waals surface area contributed by atoms with Crippen LogP contribution in [0.3, 0.4) is 0 Å². The second-order valence-corrected chi connectivity index (χ2v) is 16.4. The molecule has 0 aromatic carbocycles. The van der Waals surface area contributed by atoms with Crippen LogP contribution in [0.5, 0.6) is 0 Å². The van der Waals surface area contributed by atoms with E-state index in [1.165, 1.54) is 5.57 Å². The van der Waals surface area contributed by atoms with Gasteiger partial charge in [0.25, 0.3) is 5.09 Å². The number of allylic oxidation sites excluding steroid dienone is 2. The van der Waals surface area contributed by atoms with E-state index in [0.717, 1.165) is 44.9 Å². The highest BCUT2D eigenvalue weighted by molar-refractivity contribution is 5.96. The monoisotopic (exact) mass is 600 g/mol. The van der Waals surface area contributed by atoms with E-state index in [0.29, 0.717) is 12.8 Å². The zero-order chi connectivity index (χ0) is 31.8. The first-order chi connectivity index (χ1) is 19.9. The second-order valence-electron chi connectivity index (χ2n) is 16.4. The molecule has 0 aromatic rings. The van der Waals surface area contributed by atoms with Crippen LogP contribution in [0.25, 0.3) is 0 Å². The molecule has 9 nitrogen and oxygen atoms in total. The van der Waals surface area contributed by atoms with Crippen LogP contribution in [-0.2, 0) is 24.0 Å². The van der Waals surface area contributed by atoms with Crippen LogP contribution in [0.2, 0.25) is 0 Å². The van der Waals surface area contributed by atoms with Gasteiger partial charge in [-0.15, -0.1) is 10.1 Å². The Hall–Kier alpha value is -2.45. The molecule has 5 aliphatic carbocycles. The summed E-state index contributed by atoms with van der Waals surface area (Å²) in [4.78, 5) is 56.5. The van der Waals surface area contributed by atoms with Crippen molar-refractivity contribution in [2.45, 2.75) is 119 Å². The van der Waals surface area contributed by atoms with E-state index >= 15 is 0 Å². The number of amides is 1. The summed E-state index contributed by atoms with van der Waals surface area (Å²) in [7, 11) is 0. The summed E-state index contributed by atoms with van der Waals surface area (Å²) in [6.45, 7) is 17.4. The number of nitrogens with one attached hydrogen (secondary N) is 1. The molecule has 4 saturated carbocycles. The minimum absolute atomic E-state index is 0.0107. The summed E-state index contributed by atoms with van der Waals surface area (Å²) in [5.41, 5.74) is -0.573. The van der Waals surface area contributed by atoms with Gasteiger partial charge in [-0.3, -0.25) is 14.4 Å². The Morgan fingerprint density at radius 1 is 1.00 bits per heavy atom. The number of carbonyl (C=O) groups is 3. The highest BCUT2D eigenvalue weighted by Crippen LogP contribution is 2.75. The Morgan fingerprint density at radius 2 is 1.67 bits per heavy atom. The minimum atomic E-state index is -0.655. The maximum Gasteiger partial charge on any atom is 0.325 e. The largest absolute Gasteiger partial charge is 0.465 e. The average molecular weight is 601 g/mol. The van der Waals surface area contributed by atoms with Crippen LogP contribution >= 0.6 is 0 Å². The van der Waals surface area contributed by atoms with Gasteiger partial charge in [-0.1, -0.05) is 54.0 Å². The zero-order valence-electron chi connectivity index (χ0n) is 27.5. The molecule has 0 spiro atoms. The predicted octanol–water partition coefficient (Wildman–Crippen LogP) is 6.22. The van der Waals surface area contributed by atoms with Crippen molar-refractivity contribution >= 4 is 17.7 Å². The van der Waals surface area contributed by atoms with E-state index in [2.05, 4.69) is 46.9 Å². The lowest BCUT2D eigenvalue weighted by molar-refractivity contribution is -0.774. The van der Waals surface area contributed by atoms with Crippen molar-refractivity contribution < 1.29 is 29.0 Å². The number of fused-ring (bicyclic) bond motifs is 7. The summed E-state index contributed by atoms with van der Waals surface area (Å²) >= 11 is 0. The van der Waals surface area contributed by atoms with E-state index in [-0.39, 0.29) is 64.3 Å². The third kappa shape index (κ3) is 4.65. The fourth-order valence-electron chi connectivity index (χ4n) is 11.2. The first kappa shape index (κ1) is 32.0. The van der Waals surface area contributed by atoms with Crippen LogP contribution < -0.4 is 5.32 Å². The molecule has 5 rings (SSSR count). The Bertz CT molecular complexity index is 1240. The highest BCUT2D eigenvalue weighted by atomic mass is 17.0. The van der Waals surface area contributed by atoms with Crippen molar-refractivity contribution in [3.63, 3.8) is 0 Å². The van der Waals surface area contributed by atoms with Crippen LogP contribution in [0, 0.1) is 60.4 Å². The first-order valence-electron chi connectivity index (χ1n) is 16.4. The molecule has 5 aliphatic rings. The Balaban J connectivity index is 1.48. The molecule has 240 valence electrons. The van der Waals surface area contributed by atoms with E-state index in [1.807, 2.05) is 13.0 Å². The third-order valence-electron chi connectivity index (χ3n) is 14.0. The van der Waals surface area contributed by atoms with Crippen LogP contribution in [0.15, 0.2) is 11.6 Å². The standard InChI is InChI=1S/C34H52N2O7/c1-9-42-26(38)20-35-28(39)31(5)15-14-30(4)16-17-33(7)21(22(30)19-31)18-23(37)27-32(6)12-11-25(43-36(40)41)29(2,3)24(32)10-13-34(27,33)8/h18,22,24-25,27H,9-17,19-20H2,1-8H3,(H,35,39)/t22-,24-,25-,27+,30+,31-,32-,33+,34+/m0/s1. The van der Waals surface area contributed by atoms with Gasteiger partial charge in [0.2, 0.25) is 5.91 Å². The summed E-state index contributed by atoms with van der Waals surface area (Å²) in [5, 5.41) is 13.5. The molecular formula is C34H52N2O7. The lowest BCUT2D eigenvalue weighted by Gasteiger charge is -2.70. The van der Waals surface area contributed by atoms with Crippen molar-refractivity contribution in [3.05, 3.63) is 21.8 Å². The molecule has 43 heavy (non-hydrogen) atoms. The number of nitrogens with zero attached hydrogens (tertiary/aromatic N) is 1. The zero-order valence-corrected chi connectivity index (χ0v) is 27.5. The van der Waals surface area contributed by atoms with E-state index < -0.39 is 28.0 Å². The molecule has 9 atom stereocenters. The molecular weight excluding hydrogens is 548 g/mol. The van der Waals surface area contributed by atoms with Crippen molar-refractivity contribution in [2.24, 2.45) is 50.2 Å². The van der Waals surface area contributed by atoms with Crippen molar-refractivity contribution in [2.75, 3.05) is 13.2 Å². The molecule has 4 fully saturated rings. The summed E-state index contributed by atoms with van der Waals surface area (Å²) in [6.07, 6.45) is 8.93. The van der Waals surface area contributed by atoms with Crippen molar-refractivity contribution in [1.82, 2.24) is 5.32 Å². The molecule has 0 saturated heterocycles. The third-order valence-corrected chi connectivity index (χ3v) is 14.0. The fourth-order valence-corrected chi connectivity index (χ4v) is 11.2. The molecule has 9 heteroatoms. The lowest BCUT2D eigenvalue weighted by atomic mass is 9.33. The number of ketones is 1. The van der Waals surface area contributed by atoms with E-state index in [4.69, 9.17) is 9.57 Å². The van der Waals surface area contributed by atoms with Gasteiger partial charge in [-0.25, -0.2) is 0 Å². The molecule has 0 unspecified atom stereocenters. The Kier molecular flexibility index (Phi) is 7.65. The molecule has 0 radical (unpaired) electrons. The lowest BCUT2D eigenvalue weighted by Crippen LogP contribution is -2.67. The average Bonchev–Trinajstić information content (AvgIpc) is 2.91. The van der Waals surface area contributed by atoms with Gasteiger partial charge in [0.05, 0.1) is 6.61 Å². The SMILES string of the molecule is CCOC(=O)CNC(=O)[C@@]1(C)CC[C@]2(C)CC[C@]3(C)C(=CC(=O)[C@@H]4[C@@]5(C)CC[C@H](O[N+](=O)[O-])C(C)(C)[C@@H]5CC[C@]43C)[C@@H]2C1. The molecule has 1 N–H and O–H groups in total. The maximum absolute atomic E-state index is 14.5. The molecule has 0 aliphatic heterocycles. The number of rotatable bonds is 6. The fraction of sp³-hybridized carbons (Fsp3) is 0.853. The number of hydrogen-bond acceptors (Lipinski definition) is 7.